The van der Waals surface area contributed by atoms with Gasteiger partial charge in [0.05, 0.1) is 11.9 Å². The van der Waals surface area contributed by atoms with E-state index < -0.39 is 0 Å². The fourth-order valence-electron chi connectivity index (χ4n) is 2.74. The zero-order valence-corrected chi connectivity index (χ0v) is 11.2. The van der Waals surface area contributed by atoms with E-state index in [0.717, 1.165) is 42.9 Å². The number of aliphatic hydroxyl groups excluding tert-OH is 1. The smallest absolute Gasteiger partial charge is 0.123 e. The van der Waals surface area contributed by atoms with Gasteiger partial charge in [0.2, 0.25) is 0 Å². The normalized spacial score (nSPS) is 19.6. The van der Waals surface area contributed by atoms with Gasteiger partial charge in [-0.15, -0.1) is 0 Å². The molecule has 1 aliphatic rings. The van der Waals surface area contributed by atoms with Crippen LogP contribution in [0.1, 0.15) is 12.0 Å². The molecule has 1 unspecified atom stereocenters. The first-order valence-corrected chi connectivity index (χ1v) is 6.87. The van der Waals surface area contributed by atoms with Crippen molar-refractivity contribution >= 4 is 0 Å². The minimum atomic E-state index is -0.236. The molecule has 0 amide bonds. The Morgan fingerprint density at radius 2 is 2.15 bits per heavy atom. The van der Waals surface area contributed by atoms with Gasteiger partial charge in [0.25, 0.3) is 0 Å². The summed E-state index contributed by atoms with van der Waals surface area (Å²) in [5, 5.41) is 16.3. The average Bonchev–Trinajstić information content (AvgIpc) is 3.09. The molecule has 1 aromatic carbocycles. The van der Waals surface area contributed by atoms with E-state index in [-0.39, 0.29) is 12.4 Å². The Bertz CT molecular complexity index is 567. The Balaban J connectivity index is 1.75. The van der Waals surface area contributed by atoms with E-state index in [1.165, 1.54) is 12.1 Å². The Hall–Kier alpha value is -1.72. The number of aromatic amines is 1. The maximum atomic E-state index is 13.0. The summed E-state index contributed by atoms with van der Waals surface area (Å²) in [6.07, 6.45) is 2.87. The maximum Gasteiger partial charge on any atom is 0.123 e. The molecule has 0 aliphatic carbocycles. The molecule has 2 heterocycles. The van der Waals surface area contributed by atoms with Crippen LogP contribution in [0.5, 0.6) is 0 Å². The van der Waals surface area contributed by atoms with E-state index in [1.54, 1.807) is 12.1 Å². The first kappa shape index (κ1) is 13.3. The lowest BCUT2D eigenvalue weighted by Crippen LogP contribution is -2.21. The molecule has 2 N–H and O–H groups in total. The monoisotopic (exact) mass is 275 g/mol. The number of benzene rings is 1. The summed E-state index contributed by atoms with van der Waals surface area (Å²) in [6, 6.07) is 6.43. The van der Waals surface area contributed by atoms with Crippen molar-refractivity contribution < 1.29 is 9.50 Å². The third-order valence-electron chi connectivity index (χ3n) is 3.87. The number of hydrogen-bond donors (Lipinski definition) is 2. The largest absolute Gasteiger partial charge is 0.396 e. The van der Waals surface area contributed by atoms with Crippen LogP contribution >= 0.6 is 0 Å². The van der Waals surface area contributed by atoms with Gasteiger partial charge in [0.15, 0.2) is 0 Å². The summed E-state index contributed by atoms with van der Waals surface area (Å²) < 4.78 is 13.0. The molecular weight excluding hydrogens is 257 g/mol. The van der Waals surface area contributed by atoms with Gasteiger partial charge in [-0.05, 0) is 43.1 Å². The number of likely N-dealkylation sites (tertiary alicyclic amines) is 1. The van der Waals surface area contributed by atoms with Crippen molar-refractivity contribution in [1.82, 2.24) is 15.1 Å². The number of rotatable bonds is 4. The van der Waals surface area contributed by atoms with Gasteiger partial charge in [-0.25, -0.2) is 4.39 Å². The molecule has 106 valence electrons. The Morgan fingerprint density at radius 3 is 2.85 bits per heavy atom. The lowest BCUT2D eigenvalue weighted by molar-refractivity contribution is 0.220. The van der Waals surface area contributed by atoms with Crippen LogP contribution < -0.4 is 0 Å². The molecule has 0 radical (unpaired) electrons. The van der Waals surface area contributed by atoms with Crippen molar-refractivity contribution in [2.75, 3.05) is 19.7 Å². The fourth-order valence-corrected chi connectivity index (χ4v) is 2.74. The number of halogens is 1. The number of aliphatic hydroxyl groups is 1. The second-order valence-corrected chi connectivity index (χ2v) is 5.35. The number of nitrogens with one attached hydrogen (secondary N) is 1. The molecule has 1 atom stereocenters. The zero-order valence-electron chi connectivity index (χ0n) is 11.2. The van der Waals surface area contributed by atoms with Crippen LogP contribution in [0.4, 0.5) is 4.39 Å². The van der Waals surface area contributed by atoms with Crippen LogP contribution in [0, 0.1) is 11.7 Å². The Labute approximate surface area is 117 Å². The lowest BCUT2D eigenvalue weighted by atomic mass is 10.1. The van der Waals surface area contributed by atoms with Gasteiger partial charge in [0, 0.05) is 30.8 Å². The molecule has 4 nitrogen and oxygen atoms in total. The first-order valence-electron chi connectivity index (χ1n) is 6.87. The minimum Gasteiger partial charge on any atom is -0.396 e. The van der Waals surface area contributed by atoms with Crippen LogP contribution in [-0.4, -0.2) is 39.9 Å². The van der Waals surface area contributed by atoms with E-state index in [1.807, 2.05) is 6.20 Å². The summed E-state index contributed by atoms with van der Waals surface area (Å²) in [4.78, 5) is 2.32. The third-order valence-corrected chi connectivity index (χ3v) is 3.87. The van der Waals surface area contributed by atoms with Gasteiger partial charge in [-0.2, -0.15) is 5.10 Å². The van der Waals surface area contributed by atoms with E-state index in [9.17, 15) is 9.50 Å². The molecule has 0 saturated carbocycles. The van der Waals surface area contributed by atoms with Crippen LogP contribution in [-0.2, 0) is 6.54 Å². The second-order valence-electron chi connectivity index (χ2n) is 5.35. The highest BCUT2D eigenvalue weighted by atomic mass is 19.1. The highest BCUT2D eigenvalue weighted by molar-refractivity contribution is 5.62. The number of nitrogens with zero attached hydrogens (tertiary/aromatic N) is 2. The van der Waals surface area contributed by atoms with Crippen LogP contribution in [0.2, 0.25) is 0 Å². The summed E-state index contributed by atoms with van der Waals surface area (Å²) in [5.41, 5.74) is 2.99. The highest BCUT2D eigenvalue weighted by Crippen LogP contribution is 2.25. The topological polar surface area (TPSA) is 52.1 Å². The van der Waals surface area contributed by atoms with Crippen molar-refractivity contribution in [2.24, 2.45) is 5.92 Å². The molecule has 20 heavy (non-hydrogen) atoms. The van der Waals surface area contributed by atoms with Crippen molar-refractivity contribution in [1.29, 1.82) is 0 Å². The molecule has 1 aromatic heterocycles. The molecule has 5 heteroatoms. The molecule has 1 fully saturated rings. The summed E-state index contributed by atoms with van der Waals surface area (Å²) >= 11 is 0. The van der Waals surface area contributed by atoms with E-state index in [0.29, 0.717) is 5.92 Å². The molecule has 0 spiro atoms. The third kappa shape index (κ3) is 2.73. The van der Waals surface area contributed by atoms with Gasteiger partial charge in [-0.1, -0.05) is 0 Å². The van der Waals surface area contributed by atoms with Crippen LogP contribution in [0.3, 0.4) is 0 Å². The maximum absolute atomic E-state index is 13.0. The summed E-state index contributed by atoms with van der Waals surface area (Å²) in [7, 11) is 0. The lowest BCUT2D eigenvalue weighted by Gasteiger charge is -2.15. The molecule has 1 aliphatic heterocycles. The number of H-pyrrole nitrogens is 1. The predicted molar refractivity (Wildman–Crippen MR) is 74.5 cm³/mol. The predicted octanol–water partition coefficient (Wildman–Crippen LogP) is 2.03. The molecule has 3 rings (SSSR count). The van der Waals surface area contributed by atoms with E-state index in [2.05, 4.69) is 15.1 Å². The van der Waals surface area contributed by atoms with Gasteiger partial charge < -0.3 is 5.11 Å². The quantitative estimate of drug-likeness (QED) is 0.897. The summed E-state index contributed by atoms with van der Waals surface area (Å²) in [6.45, 7) is 2.98. The fraction of sp³-hybridized carbons (Fsp3) is 0.400. The SMILES string of the molecule is OCC1CCN(Cc2cn[nH]c2-c2ccc(F)cc2)C1. The second kappa shape index (κ2) is 5.73. The van der Waals surface area contributed by atoms with Gasteiger partial charge in [-0.3, -0.25) is 10.00 Å². The zero-order chi connectivity index (χ0) is 13.9. The molecule has 0 bridgehead atoms. The first-order chi connectivity index (χ1) is 9.76. The van der Waals surface area contributed by atoms with Gasteiger partial charge in [0.1, 0.15) is 5.82 Å². The standard InChI is InChI=1S/C15H18FN3O/c16-14-3-1-12(2-4-14)15-13(7-17-18-15)9-19-6-5-11(8-19)10-20/h1-4,7,11,20H,5-6,8-10H2,(H,17,18). The number of aromatic nitrogens is 2. The van der Waals surface area contributed by atoms with Gasteiger partial charge >= 0.3 is 0 Å². The summed E-state index contributed by atoms with van der Waals surface area (Å²) in [5.74, 6) is 0.149. The van der Waals surface area contributed by atoms with Crippen molar-refractivity contribution in [3.8, 4) is 11.3 Å². The minimum absolute atomic E-state index is 0.236. The molecule has 1 saturated heterocycles. The Kier molecular flexibility index (Phi) is 3.80. The van der Waals surface area contributed by atoms with Crippen molar-refractivity contribution in [2.45, 2.75) is 13.0 Å². The van der Waals surface area contributed by atoms with Crippen molar-refractivity contribution in [3.63, 3.8) is 0 Å². The van der Waals surface area contributed by atoms with Crippen LogP contribution in [0.25, 0.3) is 11.3 Å². The Morgan fingerprint density at radius 1 is 1.35 bits per heavy atom. The highest BCUT2D eigenvalue weighted by Gasteiger charge is 2.22. The average molecular weight is 275 g/mol. The van der Waals surface area contributed by atoms with E-state index >= 15 is 0 Å². The van der Waals surface area contributed by atoms with E-state index in [4.69, 9.17) is 0 Å². The number of hydrogen-bond acceptors (Lipinski definition) is 3. The molecular formula is C15H18FN3O. The molecule has 2 aromatic rings. The van der Waals surface area contributed by atoms with Crippen molar-refractivity contribution in [3.05, 3.63) is 41.8 Å². The van der Waals surface area contributed by atoms with Crippen LogP contribution in [0.15, 0.2) is 30.5 Å².